The number of carboxylic acids is 1. The molecule has 0 aromatic heterocycles. The van der Waals surface area contributed by atoms with Gasteiger partial charge in [0.25, 0.3) is 11.8 Å². The molecule has 2 aromatic carbocycles. The van der Waals surface area contributed by atoms with Gasteiger partial charge >= 0.3 is 5.97 Å². The van der Waals surface area contributed by atoms with E-state index in [0.717, 1.165) is 21.9 Å². The van der Waals surface area contributed by atoms with Crippen molar-refractivity contribution in [3.63, 3.8) is 0 Å². The van der Waals surface area contributed by atoms with E-state index in [1.54, 1.807) is 32.1 Å². The van der Waals surface area contributed by atoms with Crippen LogP contribution in [0, 0.1) is 37.4 Å². The quantitative estimate of drug-likeness (QED) is 0.268. The number of rotatable bonds is 6. The number of aliphatic carboxylic acids is 1. The number of carbonyl (C=O) groups is 5. The number of alkyl halides is 2. The number of carboxylic acid groups (broad SMARTS) is 1. The van der Waals surface area contributed by atoms with E-state index in [4.69, 9.17) is 28.3 Å². The van der Waals surface area contributed by atoms with Crippen LogP contribution in [0.25, 0.3) is 0 Å². The van der Waals surface area contributed by atoms with Crippen LogP contribution in [0.1, 0.15) is 48.3 Å². The molecule has 0 bridgehead atoms. The van der Waals surface area contributed by atoms with Crippen LogP contribution in [0.3, 0.4) is 0 Å². The number of anilines is 1. The van der Waals surface area contributed by atoms with Crippen LogP contribution in [-0.4, -0.2) is 61.0 Å². The van der Waals surface area contributed by atoms with Crippen molar-refractivity contribution in [2.75, 3.05) is 11.4 Å². The van der Waals surface area contributed by atoms with Crippen LogP contribution >= 0.6 is 23.2 Å². The molecule has 4 amide bonds. The number of imide groups is 2. The summed E-state index contributed by atoms with van der Waals surface area (Å²) in [6, 6.07) is 8.12. The molecule has 2 aromatic rings. The summed E-state index contributed by atoms with van der Waals surface area (Å²) in [7, 11) is 0. The minimum absolute atomic E-state index is 0.0508. The second-order valence-corrected chi connectivity index (χ2v) is 13.3. The van der Waals surface area contributed by atoms with E-state index < -0.39 is 68.8 Å². The highest BCUT2D eigenvalue weighted by atomic mass is 35.5. The number of hydrogen-bond donors (Lipinski definition) is 2. The molecule has 2 aliphatic heterocycles. The summed E-state index contributed by atoms with van der Waals surface area (Å²) in [6.45, 7) is 3.32. The van der Waals surface area contributed by atoms with E-state index in [9.17, 15) is 33.5 Å². The summed E-state index contributed by atoms with van der Waals surface area (Å²) in [5, 5.41) is 19.6. The monoisotopic (exact) mass is 642 g/mol. The molecule has 4 aliphatic rings. The lowest BCUT2D eigenvalue weighted by molar-refractivity contribution is -0.142. The lowest BCUT2D eigenvalue weighted by Gasteiger charge is -2.50. The Morgan fingerprint density at radius 3 is 2.25 bits per heavy atom. The molecule has 44 heavy (non-hydrogen) atoms. The number of hydrogen-bond acceptors (Lipinski definition) is 6. The maximum absolute atomic E-state index is 14.4. The van der Waals surface area contributed by atoms with Crippen LogP contribution in [0.4, 0.5) is 10.1 Å². The summed E-state index contributed by atoms with van der Waals surface area (Å²) in [5.74, 6) is -7.49. The third-order valence-electron chi connectivity index (χ3n) is 9.61. The lowest BCUT2D eigenvalue weighted by Crippen LogP contribution is -2.60. The molecule has 6 atom stereocenters. The fourth-order valence-corrected chi connectivity index (χ4v) is 8.54. The van der Waals surface area contributed by atoms with Gasteiger partial charge in [-0.05, 0) is 80.0 Å². The normalized spacial score (nSPS) is 31.2. The fourth-order valence-electron chi connectivity index (χ4n) is 7.60. The number of carbonyl (C=O) groups excluding carboxylic acids is 4. The van der Waals surface area contributed by atoms with Crippen molar-refractivity contribution in [3.05, 3.63) is 70.6 Å². The Kier molecular flexibility index (Phi) is 7.16. The van der Waals surface area contributed by atoms with E-state index in [-0.39, 0.29) is 43.7 Å². The minimum Gasteiger partial charge on any atom is -0.507 e. The zero-order valence-corrected chi connectivity index (χ0v) is 25.4. The van der Waals surface area contributed by atoms with Gasteiger partial charge in [-0.3, -0.25) is 28.9 Å². The van der Waals surface area contributed by atoms with Gasteiger partial charge in [0, 0.05) is 18.9 Å². The highest BCUT2D eigenvalue weighted by molar-refractivity contribution is 6.58. The van der Waals surface area contributed by atoms with Crippen LogP contribution < -0.4 is 4.90 Å². The maximum Gasteiger partial charge on any atom is 0.303 e. The predicted octanol–water partition coefficient (Wildman–Crippen LogP) is 4.58. The number of halogens is 3. The molecule has 6 rings (SSSR count). The van der Waals surface area contributed by atoms with Gasteiger partial charge in [-0.25, -0.2) is 9.29 Å². The van der Waals surface area contributed by atoms with Crippen LogP contribution in [0.2, 0.25) is 0 Å². The lowest BCUT2D eigenvalue weighted by atomic mass is 9.56. The minimum atomic E-state index is -2.07. The SMILES string of the molecule is Cc1cc(C2C3=CCC4C(=O)N(CCCC(=O)O)C(=O)C4C3CC3(Cl)C(=O)N(c4ccc(F)cc4)C(=O)C23Cl)cc(C)c1O. The first-order chi connectivity index (χ1) is 20.7. The first-order valence-corrected chi connectivity index (χ1v) is 15.1. The number of aromatic hydroxyl groups is 1. The molecule has 3 fully saturated rings. The van der Waals surface area contributed by atoms with Gasteiger partial charge in [0.2, 0.25) is 11.8 Å². The van der Waals surface area contributed by atoms with Gasteiger partial charge < -0.3 is 10.2 Å². The molecule has 1 saturated carbocycles. The van der Waals surface area contributed by atoms with Gasteiger partial charge in [0.15, 0.2) is 9.75 Å². The Labute approximate surface area is 262 Å². The van der Waals surface area contributed by atoms with Crippen LogP contribution in [0.5, 0.6) is 5.75 Å². The van der Waals surface area contributed by atoms with Crippen molar-refractivity contribution >= 4 is 58.5 Å². The van der Waals surface area contributed by atoms with Crippen LogP contribution in [-0.2, 0) is 24.0 Å². The van der Waals surface area contributed by atoms with Crippen molar-refractivity contribution in [2.45, 2.75) is 55.2 Å². The number of aryl methyl sites for hydroxylation is 2. The molecule has 2 saturated heterocycles. The standard InChI is InChI=1S/C32H29Cl2FN2O7/c1-15-12-17(13-16(2)26(15)40)25-20-9-10-21-24(28(42)36(27(21)41)11-3-4-23(38)39)22(20)14-31(33)29(43)37(30(44)32(25,31)34)19-7-5-18(35)6-8-19/h5-9,12-13,21-22,24-25,40H,3-4,10-11,14H2,1-2H3,(H,38,39). The number of allylic oxidation sites excluding steroid dienone is 2. The van der Waals surface area contributed by atoms with Gasteiger partial charge in [-0.2, -0.15) is 0 Å². The number of phenolic OH excluding ortho intramolecular Hbond substituents is 1. The zero-order valence-electron chi connectivity index (χ0n) is 23.9. The Hall–Kier alpha value is -3.76. The highest BCUT2D eigenvalue weighted by Gasteiger charge is 2.76. The third kappa shape index (κ3) is 4.14. The molecule has 9 nitrogen and oxygen atoms in total. The molecule has 2 N–H and O–H groups in total. The number of amides is 4. The Bertz CT molecular complexity index is 1650. The molecule has 0 radical (unpaired) electrons. The average molecular weight is 643 g/mol. The molecular formula is C32H29Cl2FN2O7. The molecular weight excluding hydrogens is 614 g/mol. The molecule has 0 spiro atoms. The molecule has 6 unspecified atom stereocenters. The van der Waals surface area contributed by atoms with E-state index >= 15 is 0 Å². The number of likely N-dealkylation sites (tertiary alicyclic amines) is 1. The highest BCUT2D eigenvalue weighted by Crippen LogP contribution is 2.66. The number of fused-ring (bicyclic) bond motifs is 4. The summed E-state index contributed by atoms with van der Waals surface area (Å²) in [4.78, 5) is 64.7. The largest absolute Gasteiger partial charge is 0.507 e. The first-order valence-electron chi connectivity index (χ1n) is 14.3. The van der Waals surface area contributed by atoms with Gasteiger partial charge in [-0.15, -0.1) is 23.2 Å². The summed E-state index contributed by atoms with van der Waals surface area (Å²) >= 11 is 14.7. The summed E-state index contributed by atoms with van der Waals surface area (Å²) in [6.07, 6.45) is 1.64. The number of benzene rings is 2. The van der Waals surface area contributed by atoms with Gasteiger partial charge in [-0.1, -0.05) is 23.8 Å². The first kappa shape index (κ1) is 30.3. The molecule has 230 valence electrons. The Balaban J connectivity index is 1.50. The van der Waals surface area contributed by atoms with Crippen LogP contribution in [0.15, 0.2) is 48.0 Å². The average Bonchev–Trinajstić information content (AvgIpc) is 3.29. The third-order valence-corrected chi connectivity index (χ3v) is 11.0. The Morgan fingerprint density at radius 2 is 1.64 bits per heavy atom. The fraction of sp³-hybridized carbons (Fsp3) is 0.406. The van der Waals surface area contributed by atoms with E-state index in [0.29, 0.717) is 22.3 Å². The smallest absolute Gasteiger partial charge is 0.303 e. The summed E-state index contributed by atoms with van der Waals surface area (Å²) in [5.41, 5.74) is 2.18. The van der Waals surface area contributed by atoms with E-state index in [1.165, 1.54) is 12.1 Å². The topological polar surface area (TPSA) is 132 Å². The van der Waals surface area contributed by atoms with Gasteiger partial charge in [0.1, 0.15) is 11.6 Å². The molecule has 12 heteroatoms. The maximum atomic E-state index is 14.4. The van der Waals surface area contributed by atoms with Crippen molar-refractivity contribution in [1.29, 1.82) is 0 Å². The van der Waals surface area contributed by atoms with Crippen molar-refractivity contribution in [1.82, 2.24) is 4.90 Å². The van der Waals surface area contributed by atoms with E-state index in [2.05, 4.69) is 0 Å². The zero-order chi connectivity index (χ0) is 31.9. The second-order valence-electron chi connectivity index (χ2n) is 12.1. The number of nitrogens with zero attached hydrogens (tertiary/aromatic N) is 2. The van der Waals surface area contributed by atoms with Crippen molar-refractivity contribution in [3.8, 4) is 5.75 Å². The summed E-state index contributed by atoms with van der Waals surface area (Å²) < 4.78 is 13.8. The molecule has 2 heterocycles. The second kappa shape index (κ2) is 10.4. The molecule has 2 aliphatic carbocycles. The van der Waals surface area contributed by atoms with Crippen molar-refractivity contribution < 1.29 is 38.6 Å². The van der Waals surface area contributed by atoms with Gasteiger partial charge in [0.05, 0.1) is 17.5 Å². The number of phenols is 1. The van der Waals surface area contributed by atoms with Crippen molar-refractivity contribution in [2.24, 2.45) is 17.8 Å². The predicted molar refractivity (Wildman–Crippen MR) is 158 cm³/mol. The van der Waals surface area contributed by atoms with E-state index in [1.807, 2.05) is 0 Å². The Morgan fingerprint density at radius 1 is 1.00 bits per heavy atom.